The normalized spacial score (nSPS) is 20.4. The third-order valence-corrected chi connectivity index (χ3v) is 2.63. The van der Waals surface area contributed by atoms with Gasteiger partial charge in [0.15, 0.2) is 0 Å². The van der Waals surface area contributed by atoms with E-state index in [0.29, 0.717) is 6.54 Å². The van der Waals surface area contributed by atoms with Crippen molar-refractivity contribution >= 4 is 11.9 Å². The van der Waals surface area contributed by atoms with Gasteiger partial charge in [0.05, 0.1) is 12.5 Å². The Morgan fingerprint density at radius 3 is 2.75 bits per heavy atom. The number of amides is 1. The zero-order valence-electron chi connectivity index (χ0n) is 9.41. The maximum absolute atomic E-state index is 11.2. The smallest absolute Gasteiger partial charge is 0.303 e. The van der Waals surface area contributed by atoms with Crippen molar-refractivity contribution in [3.8, 4) is 0 Å². The van der Waals surface area contributed by atoms with E-state index in [-0.39, 0.29) is 24.9 Å². The van der Waals surface area contributed by atoms with E-state index >= 15 is 0 Å². The number of nitrogens with one attached hydrogen (secondary N) is 1. The molecule has 0 aliphatic carbocycles. The molecule has 0 aromatic heterocycles. The zero-order valence-corrected chi connectivity index (χ0v) is 9.41. The van der Waals surface area contributed by atoms with Gasteiger partial charge < -0.3 is 15.2 Å². The maximum atomic E-state index is 11.2. The highest BCUT2D eigenvalue weighted by Gasteiger charge is 2.13. The van der Waals surface area contributed by atoms with Crippen molar-refractivity contribution < 1.29 is 19.4 Å². The summed E-state index contributed by atoms with van der Waals surface area (Å²) in [5, 5.41) is 11.1. The average molecular weight is 229 g/mol. The molecule has 0 bridgehead atoms. The second kappa shape index (κ2) is 7.22. The fourth-order valence-electron chi connectivity index (χ4n) is 1.72. The number of rotatable bonds is 6. The zero-order chi connectivity index (χ0) is 11.8. The third-order valence-electron chi connectivity index (χ3n) is 2.63. The first-order valence-corrected chi connectivity index (χ1v) is 5.78. The summed E-state index contributed by atoms with van der Waals surface area (Å²) in [5.74, 6) is -1.14. The molecule has 16 heavy (non-hydrogen) atoms. The molecule has 1 atom stereocenters. The molecule has 1 heterocycles. The fraction of sp³-hybridized carbons (Fsp3) is 0.818. The van der Waals surface area contributed by atoms with Crippen molar-refractivity contribution in [2.45, 2.75) is 44.6 Å². The molecule has 1 aliphatic rings. The van der Waals surface area contributed by atoms with Crippen LogP contribution in [0.4, 0.5) is 0 Å². The second-order valence-corrected chi connectivity index (χ2v) is 4.02. The molecule has 1 amide bonds. The van der Waals surface area contributed by atoms with E-state index in [1.807, 2.05) is 0 Å². The van der Waals surface area contributed by atoms with Crippen LogP contribution in [0.25, 0.3) is 0 Å². The monoisotopic (exact) mass is 229 g/mol. The standard InChI is InChI=1S/C11H19NO4/c13-10(4-5-11(14)15)12-7-6-9-3-1-2-8-16-9/h9H,1-8H2,(H,12,13)(H,14,15). The molecule has 0 spiro atoms. The van der Waals surface area contributed by atoms with E-state index in [4.69, 9.17) is 9.84 Å². The Morgan fingerprint density at radius 2 is 2.12 bits per heavy atom. The van der Waals surface area contributed by atoms with Gasteiger partial charge >= 0.3 is 5.97 Å². The number of hydrogen-bond donors (Lipinski definition) is 2. The minimum absolute atomic E-state index is 0.0564. The lowest BCUT2D eigenvalue weighted by Crippen LogP contribution is -2.29. The summed E-state index contributed by atoms with van der Waals surface area (Å²) in [6.07, 6.45) is 4.41. The molecule has 5 nitrogen and oxygen atoms in total. The molecule has 0 aromatic rings. The van der Waals surface area contributed by atoms with E-state index in [0.717, 1.165) is 25.9 Å². The molecule has 0 aromatic carbocycles. The van der Waals surface area contributed by atoms with E-state index in [1.165, 1.54) is 6.42 Å². The molecular formula is C11H19NO4. The van der Waals surface area contributed by atoms with Crippen LogP contribution in [0.3, 0.4) is 0 Å². The highest BCUT2D eigenvalue weighted by molar-refractivity contribution is 5.80. The molecule has 92 valence electrons. The topological polar surface area (TPSA) is 75.6 Å². The van der Waals surface area contributed by atoms with Crippen LogP contribution in [0, 0.1) is 0 Å². The number of aliphatic carboxylic acids is 1. The quantitative estimate of drug-likeness (QED) is 0.710. The van der Waals surface area contributed by atoms with Crippen LogP contribution in [0.5, 0.6) is 0 Å². The lowest BCUT2D eigenvalue weighted by atomic mass is 10.1. The summed E-state index contributed by atoms with van der Waals surface area (Å²) in [6.45, 7) is 1.39. The summed E-state index contributed by atoms with van der Waals surface area (Å²) < 4.78 is 5.51. The van der Waals surface area contributed by atoms with Crippen molar-refractivity contribution in [1.82, 2.24) is 5.32 Å². The Hall–Kier alpha value is -1.10. The third kappa shape index (κ3) is 5.70. The summed E-state index contributed by atoms with van der Waals surface area (Å²) in [6, 6.07) is 0. The van der Waals surface area contributed by atoms with E-state index in [9.17, 15) is 9.59 Å². The van der Waals surface area contributed by atoms with Crippen LogP contribution >= 0.6 is 0 Å². The van der Waals surface area contributed by atoms with E-state index in [1.54, 1.807) is 0 Å². The van der Waals surface area contributed by atoms with Crippen molar-refractivity contribution in [1.29, 1.82) is 0 Å². The molecular weight excluding hydrogens is 210 g/mol. The molecule has 1 fully saturated rings. The Balaban J connectivity index is 2.01. The Bertz CT molecular complexity index is 236. The number of carbonyl (C=O) groups excluding carboxylic acids is 1. The van der Waals surface area contributed by atoms with Gasteiger partial charge in [0.25, 0.3) is 0 Å². The van der Waals surface area contributed by atoms with Crippen molar-refractivity contribution in [3.63, 3.8) is 0 Å². The predicted molar refractivity (Wildman–Crippen MR) is 58.1 cm³/mol. The van der Waals surface area contributed by atoms with Crippen LogP contribution in [0.1, 0.15) is 38.5 Å². The molecule has 2 N–H and O–H groups in total. The van der Waals surface area contributed by atoms with E-state index < -0.39 is 5.97 Å². The summed E-state index contributed by atoms with van der Waals surface area (Å²) in [7, 11) is 0. The van der Waals surface area contributed by atoms with Gasteiger partial charge in [0, 0.05) is 19.6 Å². The molecule has 1 unspecified atom stereocenters. The Labute approximate surface area is 95.2 Å². The van der Waals surface area contributed by atoms with Crippen LogP contribution in [-0.4, -0.2) is 36.2 Å². The molecule has 1 aliphatic heterocycles. The van der Waals surface area contributed by atoms with Crippen molar-refractivity contribution in [3.05, 3.63) is 0 Å². The van der Waals surface area contributed by atoms with Gasteiger partial charge in [-0.1, -0.05) is 0 Å². The number of ether oxygens (including phenoxy) is 1. The molecule has 0 saturated carbocycles. The minimum Gasteiger partial charge on any atom is -0.481 e. The highest BCUT2D eigenvalue weighted by Crippen LogP contribution is 2.14. The largest absolute Gasteiger partial charge is 0.481 e. The molecule has 1 saturated heterocycles. The SMILES string of the molecule is O=C(O)CCC(=O)NCCC1CCCCO1. The van der Waals surface area contributed by atoms with Crippen LogP contribution in [0.15, 0.2) is 0 Å². The number of hydrogen-bond acceptors (Lipinski definition) is 3. The lowest BCUT2D eigenvalue weighted by molar-refractivity contribution is -0.138. The van der Waals surface area contributed by atoms with Gasteiger partial charge in [0.2, 0.25) is 5.91 Å². The van der Waals surface area contributed by atoms with Gasteiger partial charge in [-0.15, -0.1) is 0 Å². The van der Waals surface area contributed by atoms with Gasteiger partial charge in [-0.2, -0.15) is 0 Å². The molecule has 1 rings (SSSR count). The first-order chi connectivity index (χ1) is 7.68. The summed E-state index contributed by atoms with van der Waals surface area (Å²) >= 11 is 0. The van der Waals surface area contributed by atoms with Crippen molar-refractivity contribution in [2.75, 3.05) is 13.2 Å². The minimum atomic E-state index is -0.939. The van der Waals surface area contributed by atoms with Gasteiger partial charge in [-0.3, -0.25) is 9.59 Å². The summed E-state index contributed by atoms with van der Waals surface area (Å²) in [4.78, 5) is 21.4. The summed E-state index contributed by atoms with van der Waals surface area (Å²) in [5.41, 5.74) is 0. The first-order valence-electron chi connectivity index (χ1n) is 5.78. The van der Waals surface area contributed by atoms with Gasteiger partial charge in [0.1, 0.15) is 0 Å². The van der Waals surface area contributed by atoms with Crippen LogP contribution in [-0.2, 0) is 14.3 Å². The van der Waals surface area contributed by atoms with Gasteiger partial charge in [-0.25, -0.2) is 0 Å². The van der Waals surface area contributed by atoms with Crippen molar-refractivity contribution in [2.24, 2.45) is 0 Å². The maximum Gasteiger partial charge on any atom is 0.303 e. The van der Waals surface area contributed by atoms with Crippen LogP contribution in [0.2, 0.25) is 0 Å². The Morgan fingerprint density at radius 1 is 1.31 bits per heavy atom. The Kier molecular flexibility index (Phi) is 5.85. The first kappa shape index (κ1) is 13.0. The fourth-order valence-corrected chi connectivity index (χ4v) is 1.72. The van der Waals surface area contributed by atoms with Crippen LogP contribution < -0.4 is 5.32 Å². The highest BCUT2D eigenvalue weighted by atomic mass is 16.5. The lowest BCUT2D eigenvalue weighted by Gasteiger charge is -2.22. The molecule has 5 heteroatoms. The number of carboxylic acid groups (broad SMARTS) is 1. The average Bonchev–Trinajstić information content (AvgIpc) is 2.28. The predicted octanol–water partition coefficient (Wildman–Crippen LogP) is 0.927. The second-order valence-electron chi connectivity index (χ2n) is 4.02. The molecule has 0 radical (unpaired) electrons. The van der Waals surface area contributed by atoms with E-state index in [2.05, 4.69) is 5.32 Å². The number of carbonyl (C=O) groups is 2. The van der Waals surface area contributed by atoms with Gasteiger partial charge in [-0.05, 0) is 25.7 Å². The number of carboxylic acids is 1.